The van der Waals surface area contributed by atoms with Gasteiger partial charge in [0.05, 0.1) is 3.57 Å². The standard InChI is InChI=1S/C17H22INO/c1-19-7-6-17-5-3-2-4-12(17)15(19)9-11-8-14(18)16(20)10-13(11)17/h8,10,12,15,20H,2-7,9H2,1H3/t12-,15-,17-/m1/s1. The van der Waals surface area contributed by atoms with Gasteiger partial charge in [-0.05, 0) is 91.0 Å². The van der Waals surface area contributed by atoms with Gasteiger partial charge in [0.2, 0.25) is 0 Å². The molecule has 2 fully saturated rings. The van der Waals surface area contributed by atoms with Crippen molar-refractivity contribution in [3.05, 3.63) is 26.8 Å². The van der Waals surface area contributed by atoms with Gasteiger partial charge in [0, 0.05) is 11.5 Å². The monoisotopic (exact) mass is 383 g/mol. The first kappa shape index (κ1) is 13.4. The number of phenolic OH excluding ortho intramolecular Hbond substituents is 1. The number of hydrogen-bond acceptors (Lipinski definition) is 2. The molecule has 2 bridgehead atoms. The van der Waals surface area contributed by atoms with Crippen LogP contribution in [0, 0.1) is 9.49 Å². The van der Waals surface area contributed by atoms with Crippen LogP contribution in [0.25, 0.3) is 0 Å². The third kappa shape index (κ3) is 1.71. The normalized spacial score (nSPS) is 36.3. The van der Waals surface area contributed by atoms with Crippen molar-refractivity contribution < 1.29 is 5.11 Å². The van der Waals surface area contributed by atoms with Crippen molar-refractivity contribution in [2.24, 2.45) is 5.92 Å². The molecule has 4 rings (SSSR count). The van der Waals surface area contributed by atoms with E-state index in [2.05, 4.69) is 46.7 Å². The second-order valence-corrected chi connectivity index (χ2v) is 8.13. The van der Waals surface area contributed by atoms with Crippen LogP contribution in [-0.2, 0) is 11.8 Å². The summed E-state index contributed by atoms with van der Waals surface area (Å²) in [4.78, 5) is 2.59. The quantitative estimate of drug-likeness (QED) is 0.691. The average molecular weight is 383 g/mol. The molecule has 1 N–H and O–H groups in total. The van der Waals surface area contributed by atoms with Crippen LogP contribution < -0.4 is 0 Å². The predicted molar refractivity (Wildman–Crippen MR) is 89.2 cm³/mol. The van der Waals surface area contributed by atoms with Crippen LogP contribution in [0.1, 0.15) is 43.2 Å². The Bertz CT molecular complexity index is 558. The molecule has 3 aliphatic rings. The number of rotatable bonds is 0. The summed E-state index contributed by atoms with van der Waals surface area (Å²) in [5.41, 5.74) is 3.36. The zero-order valence-electron chi connectivity index (χ0n) is 12.0. The van der Waals surface area contributed by atoms with Crippen LogP contribution in [0.5, 0.6) is 5.75 Å². The van der Waals surface area contributed by atoms with E-state index in [-0.39, 0.29) is 0 Å². The van der Waals surface area contributed by atoms with Gasteiger partial charge in [-0.1, -0.05) is 12.8 Å². The van der Waals surface area contributed by atoms with E-state index in [9.17, 15) is 5.11 Å². The summed E-state index contributed by atoms with van der Waals surface area (Å²) in [5.74, 6) is 1.29. The molecule has 2 nitrogen and oxygen atoms in total. The maximum absolute atomic E-state index is 10.2. The maximum atomic E-state index is 10.2. The molecule has 0 spiro atoms. The average Bonchev–Trinajstić information content (AvgIpc) is 2.45. The van der Waals surface area contributed by atoms with Gasteiger partial charge in [-0.15, -0.1) is 0 Å². The zero-order chi connectivity index (χ0) is 13.9. The Morgan fingerprint density at radius 2 is 2.15 bits per heavy atom. The van der Waals surface area contributed by atoms with E-state index in [0.717, 1.165) is 15.5 Å². The molecule has 1 aliphatic heterocycles. The number of fused-ring (bicyclic) bond motifs is 1. The Morgan fingerprint density at radius 3 is 3.00 bits per heavy atom. The van der Waals surface area contributed by atoms with E-state index in [1.807, 2.05) is 0 Å². The fraction of sp³-hybridized carbons (Fsp3) is 0.647. The number of nitrogens with zero attached hydrogens (tertiary/aromatic N) is 1. The Labute approximate surface area is 134 Å². The SMILES string of the molecule is CN1CC[C@]23CCCC[C@@H]2[C@H]1Cc1cc(I)c(O)cc13. The van der Waals surface area contributed by atoms with Crippen molar-refractivity contribution in [1.29, 1.82) is 0 Å². The molecule has 1 saturated carbocycles. The molecule has 0 aromatic heterocycles. The molecule has 3 atom stereocenters. The lowest BCUT2D eigenvalue weighted by molar-refractivity contribution is 0.00270. The summed E-state index contributed by atoms with van der Waals surface area (Å²) in [5, 5.41) is 10.2. The number of benzene rings is 1. The van der Waals surface area contributed by atoms with Gasteiger partial charge in [0.25, 0.3) is 0 Å². The van der Waals surface area contributed by atoms with Crippen LogP contribution >= 0.6 is 22.6 Å². The Hall–Kier alpha value is -0.290. The molecule has 1 aromatic carbocycles. The maximum Gasteiger partial charge on any atom is 0.129 e. The second kappa shape index (κ2) is 4.60. The van der Waals surface area contributed by atoms with E-state index >= 15 is 0 Å². The molecule has 0 unspecified atom stereocenters. The molecule has 20 heavy (non-hydrogen) atoms. The van der Waals surface area contributed by atoms with E-state index in [1.165, 1.54) is 56.2 Å². The molecular formula is C17H22INO. The molecule has 3 heteroatoms. The molecule has 108 valence electrons. The Kier molecular flexibility index (Phi) is 3.08. The lowest BCUT2D eigenvalue weighted by Crippen LogP contribution is -2.59. The number of piperidine rings is 1. The number of likely N-dealkylation sites (N-methyl/N-ethyl adjacent to an activating group) is 1. The summed E-state index contributed by atoms with van der Waals surface area (Å²) in [6, 6.07) is 5.07. The topological polar surface area (TPSA) is 23.5 Å². The first-order valence-electron chi connectivity index (χ1n) is 7.84. The minimum Gasteiger partial charge on any atom is -0.507 e. The minimum atomic E-state index is 0.366. The van der Waals surface area contributed by atoms with Gasteiger partial charge in [0.1, 0.15) is 5.75 Å². The fourth-order valence-corrected chi connectivity index (χ4v) is 5.75. The highest BCUT2D eigenvalue weighted by atomic mass is 127. The van der Waals surface area contributed by atoms with Crippen LogP contribution in [0.2, 0.25) is 0 Å². The second-order valence-electron chi connectivity index (χ2n) is 6.97. The minimum absolute atomic E-state index is 0.366. The number of halogens is 1. The molecule has 0 radical (unpaired) electrons. The summed E-state index contributed by atoms with van der Waals surface area (Å²) in [7, 11) is 2.31. The number of hydrogen-bond donors (Lipinski definition) is 1. The van der Waals surface area contributed by atoms with Crippen molar-refractivity contribution in [2.75, 3.05) is 13.6 Å². The van der Waals surface area contributed by atoms with Gasteiger partial charge >= 0.3 is 0 Å². The Balaban J connectivity index is 1.92. The molecular weight excluding hydrogens is 361 g/mol. The molecule has 1 heterocycles. The summed E-state index contributed by atoms with van der Waals surface area (Å²) in [6.45, 7) is 1.22. The lowest BCUT2D eigenvalue weighted by Gasteiger charge is -2.58. The Morgan fingerprint density at radius 1 is 1.30 bits per heavy atom. The highest BCUT2D eigenvalue weighted by Crippen LogP contribution is 2.56. The van der Waals surface area contributed by atoms with E-state index < -0.39 is 0 Å². The van der Waals surface area contributed by atoms with E-state index in [1.54, 1.807) is 0 Å². The van der Waals surface area contributed by atoms with Crippen molar-refractivity contribution in [1.82, 2.24) is 4.90 Å². The smallest absolute Gasteiger partial charge is 0.129 e. The third-order valence-corrected chi connectivity index (χ3v) is 7.04. The van der Waals surface area contributed by atoms with Crippen molar-refractivity contribution >= 4 is 22.6 Å². The lowest BCUT2D eigenvalue weighted by atomic mass is 9.52. The van der Waals surface area contributed by atoms with Crippen molar-refractivity contribution in [3.8, 4) is 5.75 Å². The summed E-state index contributed by atoms with van der Waals surface area (Å²) in [6.07, 6.45) is 7.91. The first-order valence-corrected chi connectivity index (χ1v) is 8.92. The predicted octanol–water partition coefficient (Wildman–Crippen LogP) is 3.69. The number of aromatic hydroxyl groups is 1. The molecule has 2 aliphatic carbocycles. The number of likely N-dealkylation sites (tertiary alicyclic amines) is 1. The van der Waals surface area contributed by atoms with Crippen molar-refractivity contribution in [3.63, 3.8) is 0 Å². The van der Waals surface area contributed by atoms with Gasteiger partial charge in [-0.25, -0.2) is 0 Å². The van der Waals surface area contributed by atoms with Crippen LogP contribution in [0.3, 0.4) is 0 Å². The first-order chi connectivity index (χ1) is 9.62. The summed E-state index contributed by atoms with van der Waals surface area (Å²) >= 11 is 2.26. The van der Waals surface area contributed by atoms with Gasteiger partial charge in [-0.2, -0.15) is 0 Å². The summed E-state index contributed by atoms with van der Waals surface area (Å²) < 4.78 is 1.01. The largest absolute Gasteiger partial charge is 0.507 e. The van der Waals surface area contributed by atoms with Crippen LogP contribution in [0.4, 0.5) is 0 Å². The van der Waals surface area contributed by atoms with Crippen LogP contribution in [0.15, 0.2) is 12.1 Å². The molecule has 1 aromatic rings. The van der Waals surface area contributed by atoms with E-state index in [4.69, 9.17) is 0 Å². The zero-order valence-corrected chi connectivity index (χ0v) is 14.2. The third-order valence-electron chi connectivity index (χ3n) is 6.18. The van der Waals surface area contributed by atoms with E-state index in [0.29, 0.717) is 11.2 Å². The van der Waals surface area contributed by atoms with Gasteiger partial charge < -0.3 is 10.0 Å². The van der Waals surface area contributed by atoms with Crippen molar-refractivity contribution in [2.45, 2.75) is 50.0 Å². The van der Waals surface area contributed by atoms with Crippen LogP contribution in [-0.4, -0.2) is 29.6 Å². The van der Waals surface area contributed by atoms with Gasteiger partial charge in [-0.3, -0.25) is 0 Å². The molecule has 1 saturated heterocycles. The van der Waals surface area contributed by atoms with Gasteiger partial charge in [0.15, 0.2) is 0 Å². The number of phenols is 1. The highest BCUT2D eigenvalue weighted by Gasteiger charge is 2.53. The fourth-order valence-electron chi connectivity index (χ4n) is 5.21. The molecule has 0 amide bonds. The highest BCUT2D eigenvalue weighted by molar-refractivity contribution is 14.1.